The highest BCUT2D eigenvalue weighted by molar-refractivity contribution is 5.29. The first kappa shape index (κ1) is 16.3. The van der Waals surface area contributed by atoms with Gasteiger partial charge < -0.3 is 15.2 Å². The lowest BCUT2D eigenvalue weighted by atomic mass is 10.1. The first-order valence-corrected chi connectivity index (χ1v) is 6.58. The Labute approximate surface area is 125 Å². The fraction of sp³-hybridized carbons (Fsp3) is 0.267. The Morgan fingerprint density at radius 1 is 1.18 bits per heavy atom. The average Bonchev–Trinajstić information content (AvgIpc) is 2.50. The molecular formula is C15H15F3N2O2. The monoisotopic (exact) mass is 312 g/mol. The second-order valence-corrected chi connectivity index (χ2v) is 4.57. The lowest BCUT2D eigenvalue weighted by Crippen LogP contribution is -2.21. The number of aromatic nitrogens is 1. The van der Waals surface area contributed by atoms with E-state index < -0.39 is 24.3 Å². The number of pyridine rings is 1. The molecule has 0 aliphatic heterocycles. The van der Waals surface area contributed by atoms with E-state index in [1.807, 2.05) is 0 Å². The van der Waals surface area contributed by atoms with Gasteiger partial charge in [-0.3, -0.25) is 4.98 Å². The number of halogens is 3. The van der Waals surface area contributed by atoms with Crippen LogP contribution in [0.3, 0.4) is 0 Å². The number of ether oxygens (including phenoxy) is 1. The van der Waals surface area contributed by atoms with Crippen LogP contribution in [-0.2, 0) is 6.54 Å². The van der Waals surface area contributed by atoms with Crippen LogP contribution in [-0.4, -0.2) is 23.2 Å². The zero-order chi connectivity index (χ0) is 15.9. The van der Waals surface area contributed by atoms with Crippen molar-refractivity contribution in [1.29, 1.82) is 0 Å². The van der Waals surface area contributed by atoms with E-state index in [1.165, 1.54) is 6.07 Å². The summed E-state index contributed by atoms with van der Waals surface area (Å²) in [7, 11) is 0. The summed E-state index contributed by atoms with van der Waals surface area (Å²) in [5.41, 5.74) is 1.27. The fourth-order valence-electron chi connectivity index (χ4n) is 1.90. The molecule has 1 heterocycles. The normalized spacial score (nSPS) is 12.4. The molecule has 118 valence electrons. The molecule has 0 amide bonds. The van der Waals surface area contributed by atoms with Crippen LogP contribution in [0.4, 0.5) is 13.2 Å². The van der Waals surface area contributed by atoms with E-state index in [0.717, 1.165) is 17.7 Å². The van der Waals surface area contributed by atoms with Gasteiger partial charge in [0.25, 0.3) is 0 Å². The van der Waals surface area contributed by atoms with Crippen LogP contribution in [0.2, 0.25) is 0 Å². The Balaban J connectivity index is 1.85. The molecule has 0 saturated heterocycles. The Hall–Kier alpha value is -2.12. The summed E-state index contributed by atoms with van der Waals surface area (Å²) < 4.78 is 41.6. The molecule has 4 nitrogen and oxygen atoms in total. The fourth-order valence-corrected chi connectivity index (χ4v) is 1.90. The molecule has 0 aliphatic carbocycles. The highest BCUT2D eigenvalue weighted by Crippen LogP contribution is 2.20. The molecule has 0 spiro atoms. The first-order chi connectivity index (χ1) is 10.6. The zero-order valence-electron chi connectivity index (χ0n) is 11.5. The van der Waals surface area contributed by atoms with Crippen LogP contribution in [0.25, 0.3) is 0 Å². The largest absolute Gasteiger partial charge is 0.432 e. The quantitative estimate of drug-likeness (QED) is 0.825. The van der Waals surface area contributed by atoms with Crippen LogP contribution < -0.4 is 10.1 Å². The van der Waals surface area contributed by atoms with Crippen LogP contribution in [0, 0.1) is 5.82 Å². The van der Waals surface area contributed by atoms with E-state index in [4.69, 9.17) is 0 Å². The van der Waals surface area contributed by atoms with Crippen molar-refractivity contribution in [2.45, 2.75) is 19.3 Å². The molecule has 1 aromatic carbocycles. The maximum absolute atomic E-state index is 13.5. The molecule has 1 atom stereocenters. The summed E-state index contributed by atoms with van der Waals surface area (Å²) in [6, 6.07) is 7.14. The van der Waals surface area contributed by atoms with Gasteiger partial charge in [-0.25, -0.2) is 4.39 Å². The number of rotatable bonds is 7. The van der Waals surface area contributed by atoms with Gasteiger partial charge in [0.2, 0.25) is 0 Å². The molecule has 2 N–H and O–H groups in total. The van der Waals surface area contributed by atoms with Gasteiger partial charge in [0, 0.05) is 25.5 Å². The summed E-state index contributed by atoms with van der Waals surface area (Å²) in [5, 5.41) is 12.9. The van der Waals surface area contributed by atoms with Crippen molar-refractivity contribution in [3.8, 4) is 5.75 Å². The Morgan fingerprint density at radius 2 is 1.91 bits per heavy atom. The Kier molecular flexibility index (Phi) is 5.74. The molecule has 0 radical (unpaired) electrons. The van der Waals surface area contributed by atoms with Crippen LogP contribution in [0.5, 0.6) is 5.75 Å². The summed E-state index contributed by atoms with van der Waals surface area (Å²) in [5.74, 6) is -1.34. The third-order valence-electron chi connectivity index (χ3n) is 2.97. The predicted octanol–water partition coefficient (Wildman–Crippen LogP) is 2.65. The molecule has 1 aromatic heterocycles. The van der Waals surface area contributed by atoms with Gasteiger partial charge in [0.1, 0.15) is 0 Å². The molecule has 1 unspecified atom stereocenters. The topological polar surface area (TPSA) is 54.4 Å². The SMILES string of the molecule is OC(CNCc1ccc(OC(F)F)c(F)c1)c1ccncc1. The van der Waals surface area contributed by atoms with Gasteiger partial charge >= 0.3 is 6.61 Å². The number of aliphatic hydroxyl groups excluding tert-OH is 1. The molecule has 0 aliphatic rings. The minimum atomic E-state index is -3.06. The minimum Gasteiger partial charge on any atom is -0.432 e. The van der Waals surface area contributed by atoms with E-state index in [9.17, 15) is 18.3 Å². The lowest BCUT2D eigenvalue weighted by molar-refractivity contribution is -0.0522. The summed E-state index contributed by atoms with van der Waals surface area (Å²) in [4.78, 5) is 3.86. The van der Waals surface area contributed by atoms with Crippen LogP contribution >= 0.6 is 0 Å². The number of nitrogens with zero attached hydrogens (tertiary/aromatic N) is 1. The second kappa shape index (κ2) is 7.77. The van der Waals surface area contributed by atoms with Crippen molar-refractivity contribution in [1.82, 2.24) is 10.3 Å². The third kappa shape index (κ3) is 4.71. The molecule has 22 heavy (non-hydrogen) atoms. The highest BCUT2D eigenvalue weighted by atomic mass is 19.3. The van der Waals surface area contributed by atoms with E-state index in [2.05, 4.69) is 15.0 Å². The average molecular weight is 312 g/mol. The third-order valence-corrected chi connectivity index (χ3v) is 2.97. The number of hydrogen-bond acceptors (Lipinski definition) is 4. The molecule has 2 rings (SSSR count). The highest BCUT2D eigenvalue weighted by Gasteiger charge is 2.11. The zero-order valence-corrected chi connectivity index (χ0v) is 11.5. The van der Waals surface area contributed by atoms with Gasteiger partial charge in [-0.15, -0.1) is 0 Å². The maximum Gasteiger partial charge on any atom is 0.387 e. The summed E-state index contributed by atoms with van der Waals surface area (Å²) in [6.07, 6.45) is 2.44. The number of hydrogen-bond donors (Lipinski definition) is 2. The van der Waals surface area contributed by atoms with Crippen LogP contribution in [0.1, 0.15) is 17.2 Å². The summed E-state index contributed by atoms with van der Waals surface area (Å²) >= 11 is 0. The standard InChI is InChI=1S/C15H15F3N2O2/c16-12-7-10(1-2-14(12)22-15(17)18)8-20-9-13(21)11-3-5-19-6-4-11/h1-7,13,15,20-21H,8-9H2. The van der Waals surface area contributed by atoms with Crippen molar-refractivity contribution in [3.63, 3.8) is 0 Å². The molecule has 0 saturated carbocycles. The Bertz CT molecular complexity index is 597. The van der Waals surface area contributed by atoms with Gasteiger partial charge in [-0.05, 0) is 35.4 Å². The number of alkyl halides is 2. The first-order valence-electron chi connectivity index (χ1n) is 6.58. The smallest absolute Gasteiger partial charge is 0.387 e. The Morgan fingerprint density at radius 3 is 2.55 bits per heavy atom. The summed E-state index contributed by atoms with van der Waals surface area (Å²) in [6.45, 7) is -2.51. The predicted molar refractivity (Wildman–Crippen MR) is 73.9 cm³/mol. The molecular weight excluding hydrogens is 297 g/mol. The van der Waals surface area contributed by atoms with Crippen molar-refractivity contribution in [2.75, 3.05) is 6.54 Å². The van der Waals surface area contributed by atoms with Crippen molar-refractivity contribution in [3.05, 3.63) is 59.7 Å². The minimum absolute atomic E-state index is 0.265. The van der Waals surface area contributed by atoms with Crippen LogP contribution in [0.15, 0.2) is 42.7 Å². The number of benzene rings is 1. The second-order valence-electron chi connectivity index (χ2n) is 4.57. The molecule has 7 heteroatoms. The van der Waals surface area contributed by atoms with Crippen molar-refractivity contribution in [2.24, 2.45) is 0 Å². The molecule has 0 fully saturated rings. The number of nitrogens with one attached hydrogen (secondary N) is 1. The van der Waals surface area contributed by atoms with E-state index >= 15 is 0 Å². The van der Waals surface area contributed by atoms with Gasteiger partial charge in [0.15, 0.2) is 11.6 Å². The van der Waals surface area contributed by atoms with Gasteiger partial charge in [-0.1, -0.05) is 6.07 Å². The van der Waals surface area contributed by atoms with E-state index in [-0.39, 0.29) is 13.1 Å². The van der Waals surface area contributed by atoms with Crippen molar-refractivity contribution >= 4 is 0 Å². The van der Waals surface area contributed by atoms with E-state index in [0.29, 0.717) is 5.56 Å². The van der Waals surface area contributed by atoms with Crippen molar-refractivity contribution < 1.29 is 23.0 Å². The molecule has 0 bridgehead atoms. The van der Waals surface area contributed by atoms with Gasteiger partial charge in [-0.2, -0.15) is 8.78 Å². The number of aliphatic hydroxyl groups is 1. The lowest BCUT2D eigenvalue weighted by Gasteiger charge is -2.12. The molecule has 2 aromatic rings. The van der Waals surface area contributed by atoms with Gasteiger partial charge in [0.05, 0.1) is 6.10 Å². The van der Waals surface area contributed by atoms with E-state index in [1.54, 1.807) is 24.5 Å². The maximum atomic E-state index is 13.5.